The second-order valence-electron chi connectivity index (χ2n) is 5.13. The van der Waals surface area contributed by atoms with E-state index in [1.165, 1.54) is 4.88 Å². The van der Waals surface area contributed by atoms with E-state index in [9.17, 15) is 5.11 Å². The van der Waals surface area contributed by atoms with Crippen LogP contribution in [0.3, 0.4) is 0 Å². The summed E-state index contributed by atoms with van der Waals surface area (Å²) in [7, 11) is 2.04. The molecule has 2 N–H and O–H groups in total. The summed E-state index contributed by atoms with van der Waals surface area (Å²) in [5.41, 5.74) is 0. The first-order valence-electron chi connectivity index (χ1n) is 6.27. The highest BCUT2D eigenvalue weighted by molar-refractivity contribution is 9.10. The van der Waals surface area contributed by atoms with Crippen molar-refractivity contribution >= 4 is 27.3 Å². The van der Waals surface area contributed by atoms with Crippen LogP contribution in [0.25, 0.3) is 0 Å². The zero-order valence-corrected chi connectivity index (χ0v) is 13.7. The first-order chi connectivity index (χ1) is 8.47. The summed E-state index contributed by atoms with van der Waals surface area (Å²) in [5.74, 6) is 0.624. The maximum absolute atomic E-state index is 9.91. The van der Waals surface area contributed by atoms with Crippen LogP contribution in [0.15, 0.2) is 15.9 Å². The van der Waals surface area contributed by atoms with E-state index in [1.807, 2.05) is 7.05 Å². The molecule has 0 aliphatic rings. The molecule has 0 fully saturated rings. The lowest BCUT2D eigenvalue weighted by Gasteiger charge is -2.20. The van der Waals surface area contributed by atoms with Crippen molar-refractivity contribution < 1.29 is 5.11 Å². The van der Waals surface area contributed by atoms with E-state index in [2.05, 4.69) is 51.4 Å². The minimum atomic E-state index is -0.308. The zero-order valence-electron chi connectivity index (χ0n) is 11.3. The molecule has 1 aromatic heterocycles. The van der Waals surface area contributed by atoms with Gasteiger partial charge in [-0.25, -0.2) is 0 Å². The highest BCUT2D eigenvalue weighted by Gasteiger charge is 2.09. The third-order valence-electron chi connectivity index (χ3n) is 2.50. The number of halogens is 1. The van der Waals surface area contributed by atoms with Crippen molar-refractivity contribution in [2.45, 2.75) is 26.5 Å². The Morgan fingerprint density at radius 1 is 1.44 bits per heavy atom. The molecule has 0 aliphatic heterocycles. The smallest absolute Gasteiger partial charge is 0.0791 e. The van der Waals surface area contributed by atoms with Crippen LogP contribution < -0.4 is 5.32 Å². The molecule has 0 amide bonds. The molecule has 0 saturated heterocycles. The van der Waals surface area contributed by atoms with Gasteiger partial charge < -0.3 is 10.4 Å². The number of hydrogen-bond donors (Lipinski definition) is 2. The van der Waals surface area contributed by atoms with Gasteiger partial charge in [0.1, 0.15) is 0 Å². The average Bonchev–Trinajstić information content (AvgIpc) is 2.62. The molecular formula is C13H23BrN2OS. The minimum Gasteiger partial charge on any atom is -0.390 e. The van der Waals surface area contributed by atoms with Crippen LogP contribution in [0.2, 0.25) is 0 Å². The standard InChI is InChI=1S/C13H23BrN2OS/c1-10(2)5-15-6-12(17)7-16(3)8-13-4-11(14)9-18-13/h4,9-10,12,15,17H,5-8H2,1-3H3. The SMILES string of the molecule is CC(C)CNCC(O)CN(C)Cc1cc(Br)cs1. The first kappa shape index (κ1) is 16.1. The van der Waals surface area contributed by atoms with Crippen LogP contribution in [0, 0.1) is 5.92 Å². The van der Waals surface area contributed by atoms with Crippen LogP contribution in [0.4, 0.5) is 0 Å². The van der Waals surface area contributed by atoms with Gasteiger partial charge in [-0.2, -0.15) is 0 Å². The fraction of sp³-hybridized carbons (Fsp3) is 0.692. The number of aliphatic hydroxyl groups is 1. The van der Waals surface area contributed by atoms with Crippen molar-refractivity contribution in [1.82, 2.24) is 10.2 Å². The molecule has 1 unspecified atom stereocenters. The Labute approximate surface area is 122 Å². The van der Waals surface area contributed by atoms with E-state index in [0.717, 1.165) is 17.6 Å². The summed E-state index contributed by atoms with van der Waals surface area (Å²) < 4.78 is 1.13. The molecule has 3 nitrogen and oxygen atoms in total. The Hall–Kier alpha value is 0.0600. The van der Waals surface area contributed by atoms with Gasteiger partial charge >= 0.3 is 0 Å². The van der Waals surface area contributed by atoms with Crippen LogP contribution in [0.5, 0.6) is 0 Å². The number of rotatable bonds is 8. The lowest BCUT2D eigenvalue weighted by atomic mass is 10.2. The van der Waals surface area contributed by atoms with Gasteiger partial charge in [0, 0.05) is 34.4 Å². The van der Waals surface area contributed by atoms with E-state index in [0.29, 0.717) is 19.0 Å². The predicted octanol–water partition coefficient (Wildman–Crippen LogP) is 2.55. The van der Waals surface area contributed by atoms with Gasteiger partial charge in [0.15, 0.2) is 0 Å². The van der Waals surface area contributed by atoms with Gasteiger partial charge in [-0.1, -0.05) is 13.8 Å². The lowest BCUT2D eigenvalue weighted by Crippen LogP contribution is -2.37. The fourth-order valence-electron chi connectivity index (χ4n) is 1.73. The van der Waals surface area contributed by atoms with E-state index in [1.54, 1.807) is 11.3 Å². The molecule has 18 heavy (non-hydrogen) atoms. The molecule has 5 heteroatoms. The number of likely N-dealkylation sites (N-methyl/N-ethyl adjacent to an activating group) is 1. The third kappa shape index (κ3) is 6.85. The fourth-order valence-corrected chi connectivity index (χ4v) is 3.26. The van der Waals surface area contributed by atoms with Crippen molar-refractivity contribution in [3.63, 3.8) is 0 Å². The van der Waals surface area contributed by atoms with Gasteiger partial charge in [0.05, 0.1) is 6.10 Å². The van der Waals surface area contributed by atoms with E-state index in [-0.39, 0.29) is 6.10 Å². The van der Waals surface area contributed by atoms with Crippen molar-refractivity contribution in [1.29, 1.82) is 0 Å². The average molecular weight is 335 g/mol. The number of nitrogens with zero attached hydrogens (tertiary/aromatic N) is 1. The highest BCUT2D eigenvalue weighted by Crippen LogP contribution is 2.20. The topological polar surface area (TPSA) is 35.5 Å². The van der Waals surface area contributed by atoms with Crippen molar-refractivity contribution in [3.05, 3.63) is 20.8 Å². The van der Waals surface area contributed by atoms with Crippen LogP contribution in [-0.2, 0) is 6.54 Å². The van der Waals surface area contributed by atoms with Crippen molar-refractivity contribution in [3.8, 4) is 0 Å². The number of hydrogen-bond acceptors (Lipinski definition) is 4. The molecule has 1 atom stereocenters. The minimum absolute atomic E-state index is 0.308. The van der Waals surface area contributed by atoms with Gasteiger partial charge in [-0.3, -0.25) is 4.90 Å². The van der Waals surface area contributed by atoms with E-state index < -0.39 is 0 Å². The van der Waals surface area contributed by atoms with Gasteiger partial charge in [-0.05, 0) is 41.5 Å². The first-order valence-corrected chi connectivity index (χ1v) is 7.95. The summed E-state index contributed by atoms with van der Waals surface area (Å²) in [4.78, 5) is 3.46. The Balaban J connectivity index is 2.20. The summed E-state index contributed by atoms with van der Waals surface area (Å²) in [6.45, 7) is 7.54. The Morgan fingerprint density at radius 3 is 2.72 bits per heavy atom. The Morgan fingerprint density at radius 2 is 2.17 bits per heavy atom. The predicted molar refractivity (Wildman–Crippen MR) is 82.1 cm³/mol. The molecule has 104 valence electrons. The molecule has 0 aliphatic carbocycles. The molecule has 1 heterocycles. The molecule has 0 radical (unpaired) electrons. The second-order valence-corrected chi connectivity index (χ2v) is 7.05. The molecule has 0 spiro atoms. The number of aliphatic hydroxyl groups excluding tert-OH is 1. The van der Waals surface area contributed by atoms with Gasteiger partial charge in [-0.15, -0.1) is 11.3 Å². The summed E-state index contributed by atoms with van der Waals surface area (Å²) in [6.07, 6.45) is -0.308. The van der Waals surface area contributed by atoms with E-state index >= 15 is 0 Å². The number of nitrogens with one attached hydrogen (secondary N) is 1. The van der Waals surface area contributed by atoms with Gasteiger partial charge in [0.25, 0.3) is 0 Å². The molecule has 1 aromatic rings. The monoisotopic (exact) mass is 334 g/mol. The summed E-state index contributed by atoms with van der Waals surface area (Å²) >= 11 is 5.19. The largest absolute Gasteiger partial charge is 0.390 e. The second kappa shape index (κ2) is 8.27. The van der Waals surface area contributed by atoms with Gasteiger partial charge in [0.2, 0.25) is 0 Å². The molecule has 1 rings (SSSR count). The maximum atomic E-state index is 9.91. The zero-order chi connectivity index (χ0) is 13.5. The Bertz CT molecular complexity index is 343. The summed E-state index contributed by atoms with van der Waals surface area (Å²) in [5, 5.41) is 15.3. The summed E-state index contributed by atoms with van der Waals surface area (Å²) in [6, 6.07) is 2.13. The third-order valence-corrected chi connectivity index (χ3v) is 4.18. The quantitative estimate of drug-likeness (QED) is 0.766. The van der Waals surface area contributed by atoms with Crippen molar-refractivity contribution in [2.24, 2.45) is 5.92 Å². The van der Waals surface area contributed by atoms with E-state index in [4.69, 9.17) is 0 Å². The van der Waals surface area contributed by atoms with Crippen LogP contribution in [0.1, 0.15) is 18.7 Å². The lowest BCUT2D eigenvalue weighted by molar-refractivity contribution is 0.121. The highest BCUT2D eigenvalue weighted by atomic mass is 79.9. The molecule has 0 bridgehead atoms. The van der Waals surface area contributed by atoms with Crippen molar-refractivity contribution in [2.75, 3.05) is 26.7 Å². The number of thiophene rings is 1. The normalized spacial score (nSPS) is 13.5. The van der Waals surface area contributed by atoms with Crippen LogP contribution >= 0.6 is 27.3 Å². The maximum Gasteiger partial charge on any atom is 0.0791 e. The van der Waals surface area contributed by atoms with Crippen LogP contribution in [-0.4, -0.2) is 42.8 Å². The Kier molecular flexibility index (Phi) is 7.41. The molecule has 0 aromatic carbocycles. The molecular weight excluding hydrogens is 312 g/mol. The molecule has 0 saturated carbocycles.